The highest BCUT2D eigenvalue weighted by atomic mass is 16.5. The number of hydrogen-bond acceptors (Lipinski definition) is 4. The molecular formula is C10H19NO4. The van der Waals surface area contributed by atoms with E-state index in [9.17, 15) is 4.79 Å². The molecule has 0 spiro atoms. The van der Waals surface area contributed by atoms with E-state index < -0.39 is 0 Å². The number of carbonyl (C=O) groups excluding carboxylic acids is 1. The summed E-state index contributed by atoms with van der Waals surface area (Å²) in [6.45, 7) is 2.08. The van der Waals surface area contributed by atoms with Gasteiger partial charge in [-0.1, -0.05) is 0 Å². The van der Waals surface area contributed by atoms with Crippen LogP contribution in [-0.2, 0) is 14.3 Å². The zero-order valence-corrected chi connectivity index (χ0v) is 9.02. The molecule has 0 amide bonds. The second-order valence-electron chi connectivity index (χ2n) is 3.47. The predicted molar refractivity (Wildman–Crippen MR) is 55.3 cm³/mol. The van der Waals surface area contributed by atoms with Crippen molar-refractivity contribution in [2.24, 2.45) is 11.7 Å². The number of ether oxygens (including phenoxy) is 1. The van der Waals surface area contributed by atoms with Crippen LogP contribution in [0.15, 0.2) is 0 Å². The van der Waals surface area contributed by atoms with Gasteiger partial charge >= 0.3 is 5.97 Å². The molecule has 1 fully saturated rings. The monoisotopic (exact) mass is 217 g/mol. The van der Waals surface area contributed by atoms with Crippen LogP contribution in [0.1, 0.15) is 32.6 Å². The zero-order valence-electron chi connectivity index (χ0n) is 9.02. The molecule has 1 aliphatic carbocycles. The maximum atomic E-state index is 11.2. The molecule has 1 saturated carbocycles. The normalized spacial score (nSPS) is 24.7. The van der Waals surface area contributed by atoms with Gasteiger partial charge in [-0.2, -0.15) is 0 Å². The Morgan fingerprint density at radius 3 is 2.33 bits per heavy atom. The SMILES string of the molecule is CCOC(=O)C1CCC(N)CC1.O=CO. The molecule has 0 bridgehead atoms. The van der Waals surface area contributed by atoms with Crippen molar-refractivity contribution in [2.45, 2.75) is 38.6 Å². The topological polar surface area (TPSA) is 89.6 Å². The van der Waals surface area contributed by atoms with E-state index in [1.807, 2.05) is 6.92 Å². The van der Waals surface area contributed by atoms with Gasteiger partial charge in [0.25, 0.3) is 6.47 Å². The Labute approximate surface area is 89.6 Å². The minimum atomic E-state index is -0.250. The summed E-state index contributed by atoms with van der Waals surface area (Å²) in [6.07, 6.45) is 3.73. The Balaban J connectivity index is 0.000000583. The molecule has 15 heavy (non-hydrogen) atoms. The van der Waals surface area contributed by atoms with Crippen LogP contribution in [0.5, 0.6) is 0 Å². The summed E-state index contributed by atoms with van der Waals surface area (Å²) < 4.78 is 4.94. The molecule has 3 N–H and O–H groups in total. The van der Waals surface area contributed by atoms with Gasteiger partial charge < -0.3 is 15.6 Å². The molecule has 5 nitrogen and oxygen atoms in total. The van der Waals surface area contributed by atoms with E-state index in [0.717, 1.165) is 25.7 Å². The van der Waals surface area contributed by atoms with E-state index in [1.54, 1.807) is 0 Å². The maximum absolute atomic E-state index is 11.2. The Bertz CT molecular complexity index is 188. The molecule has 5 heteroatoms. The van der Waals surface area contributed by atoms with E-state index in [-0.39, 0.29) is 18.4 Å². The van der Waals surface area contributed by atoms with Gasteiger partial charge in [0.15, 0.2) is 0 Å². The van der Waals surface area contributed by atoms with Crippen LogP contribution < -0.4 is 5.73 Å². The predicted octanol–water partition coefficient (Wildman–Crippen LogP) is 0.768. The van der Waals surface area contributed by atoms with Gasteiger partial charge in [-0.05, 0) is 32.6 Å². The average Bonchev–Trinajstić information content (AvgIpc) is 2.20. The molecule has 0 heterocycles. The molecule has 0 aromatic heterocycles. The maximum Gasteiger partial charge on any atom is 0.308 e. The summed E-state index contributed by atoms with van der Waals surface area (Å²) in [5.41, 5.74) is 5.72. The lowest BCUT2D eigenvalue weighted by atomic mass is 9.86. The van der Waals surface area contributed by atoms with E-state index in [1.165, 1.54) is 0 Å². The highest BCUT2D eigenvalue weighted by Gasteiger charge is 2.25. The lowest BCUT2D eigenvalue weighted by Gasteiger charge is -2.24. The minimum absolute atomic E-state index is 0.0376. The number of carboxylic acid groups (broad SMARTS) is 1. The first-order valence-corrected chi connectivity index (χ1v) is 5.15. The van der Waals surface area contributed by atoms with Crippen LogP contribution in [-0.4, -0.2) is 30.2 Å². The summed E-state index contributed by atoms with van der Waals surface area (Å²) in [7, 11) is 0. The van der Waals surface area contributed by atoms with Crippen molar-refractivity contribution in [3.05, 3.63) is 0 Å². The highest BCUT2D eigenvalue weighted by molar-refractivity contribution is 5.72. The van der Waals surface area contributed by atoms with Crippen molar-refractivity contribution in [1.82, 2.24) is 0 Å². The smallest absolute Gasteiger partial charge is 0.308 e. The second-order valence-corrected chi connectivity index (χ2v) is 3.47. The van der Waals surface area contributed by atoms with Gasteiger partial charge in [0, 0.05) is 6.04 Å². The Hall–Kier alpha value is -1.10. The molecule has 0 radical (unpaired) electrons. The van der Waals surface area contributed by atoms with Gasteiger partial charge in [-0.15, -0.1) is 0 Å². The lowest BCUT2D eigenvalue weighted by Crippen LogP contribution is -2.30. The van der Waals surface area contributed by atoms with Crippen LogP contribution in [0.3, 0.4) is 0 Å². The zero-order chi connectivity index (χ0) is 11.7. The van der Waals surface area contributed by atoms with E-state index >= 15 is 0 Å². The van der Waals surface area contributed by atoms with Gasteiger partial charge in [0.05, 0.1) is 12.5 Å². The van der Waals surface area contributed by atoms with Crippen molar-refractivity contribution in [1.29, 1.82) is 0 Å². The van der Waals surface area contributed by atoms with Gasteiger partial charge in [-0.3, -0.25) is 9.59 Å². The standard InChI is InChI=1S/C9H17NO2.CH2O2/c1-2-12-9(11)7-3-5-8(10)6-4-7;2-1-3/h7-8H,2-6,10H2,1H3;1H,(H,2,3). The molecular weight excluding hydrogens is 198 g/mol. The van der Waals surface area contributed by atoms with Crippen LogP contribution in [0.25, 0.3) is 0 Å². The summed E-state index contributed by atoms with van der Waals surface area (Å²) in [6, 6.07) is 0.302. The number of carbonyl (C=O) groups is 2. The third-order valence-electron chi connectivity index (χ3n) is 2.39. The van der Waals surface area contributed by atoms with E-state index in [4.69, 9.17) is 20.4 Å². The van der Waals surface area contributed by atoms with Crippen LogP contribution in [0.2, 0.25) is 0 Å². The summed E-state index contributed by atoms with van der Waals surface area (Å²) >= 11 is 0. The van der Waals surface area contributed by atoms with Crippen molar-refractivity contribution >= 4 is 12.4 Å². The molecule has 0 aliphatic heterocycles. The fourth-order valence-electron chi connectivity index (χ4n) is 1.62. The Morgan fingerprint density at radius 2 is 1.93 bits per heavy atom. The fourth-order valence-corrected chi connectivity index (χ4v) is 1.62. The van der Waals surface area contributed by atoms with Crippen LogP contribution in [0.4, 0.5) is 0 Å². The van der Waals surface area contributed by atoms with Gasteiger partial charge in [-0.25, -0.2) is 0 Å². The first kappa shape index (κ1) is 13.9. The summed E-state index contributed by atoms with van der Waals surface area (Å²) in [5.74, 6) is 0.0779. The molecule has 0 unspecified atom stereocenters. The van der Waals surface area contributed by atoms with E-state index in [2.05, 4.69) is 0 Å². The quantitative estimate of drug-likeness (QED) is 0.526. The first-order valence-electron chi connectivity index (χ1n) is 5.15. The second kappa shape index (κ2) is 8.23. The fraction of sp³-hybridized carbons (Fsp3) is 0.800. The van der Waals surface area contributed by atoms with Gasteiger partial charge in [0.1, 0.15) is 0 Å². The average molecular weight is 217 g/mol. The van der Waals surface area contributed by atoms with E-state index in [0.29, 0.717) is 12.6 Å². The van der Waals surface area contributed by atoms with Crippen molar-refractivity contribution < 1.29 is 19.4 Å². The summed E-state index contributed by atoms with van der Waals surface area (Å²) in [5, 5.41) is 6.89. The molecule has 0 atom stereocenters. The number of esters is 1. The largest absolute Gasteiger partial charge is 0.483 e. The molecule has 88 valence electrons. The molecule has 0 aromatic carbocycles. The molecule has 1 aliphatic rings. The van der Waals surface area contributed by atoms with Crippen LogP contribution in [0, 0.1) is 5.92 Å². The molecule has 1 rings (SSSR count). The number of hydrogen-bond donors (Lipinski definition) is 2. The third kappa shape index (κ3) is 6.06. The molecule has 0 aromatic rings. The van der Waals surface area contributed by atoms with Crippen molar-refractivity contribution in [3.8, 4) is 0 Å². The van der Waals surface area contributed by atoms with Crippen molar-refractivity contribution in [2.75, 3.05) is 6.61 Å². The highest BCUT2D eigenvalue weighted by Crippen LogP contribution is 2.23. The third-order valence-corrected chi connectivity index (χ3v) is 2.39. The molecule has 0 saturated heterocycles. The summed E-state index contributed by atoms with van der Waals surface area (Å²) in [4.78, 5) is 19.6. The van der Waals surface area contributed by atoms with Crippen molar-refractivity contribution in [3.63, 3.8) is 0 Å². The minimum Gasteiger partial charge on any atom is -0.483 e. The van der Waals surface area contributed by atoms with Crippen LogP contribution >= 0.6 is 0 Å². The number of nitrogens with two attached hydrogens (primary N) is 1. The lowest BCUT2D eigenvalue weighted by molar-refractivity contribution is -0.149. The van der Waals surface area contributed by atoms with Gasteiger partial charge in [0.2, 0.25) is 0 Å². The Morgan fingerprint density at radius 1 is 1.47 bits per heavy atom. The Kier molecular flexibility index (Phi) is 7.62. The number of rotatable bonds is 2. The first-order chi connectivity index (χ1) is 7.15.